The zero-order chi connectivity index (χ0) is 11.6. The van der Waals surface area contributed by atoms with Crippen molar-refractivity contribution < 1.29 is 27.8 Å². The molecule has 3 nitrogen and oxygen atoms in total. The van der Waals surface area contributed by atoms with E-state index < -0.39 is 29.0 Å². The molecule has 0 N–H and O–H groups in total. The van der Waals surface area contributed by atoms with Gasteiger partial charge in [0.15, 0.2) is 0 Å². The Balaban J connectivity index is 3.32. The molecule has 0 atom stereocenters. The predicted molar refractivity (Wildman–Crippen MR) is 42.3 cm³/mol. The number of carboxylic acids is 1. The summed E-state index contributed by atoms with van der Waals surface area (Å²) in [4.78, 5) is 10.4. The van der Waals surface area contributed by atoms with Gasteiger partial charge in [-0.3, -0.25) is 0 Å². The van der Waals surface area contributed by atoms with Crippen molar-refractivity contribution in [1.82, 2.24) is 0 Å². The highest BCUT2D eigenvalue weighted by molar-refractivity contribution is 5.86. The van der Waals surface area contributed by atoms with Crippen molar-refractivity contribution in [3.8, 4) is 5.75 Å². The number of carboxylic acid groups (broad SMARTS) is 1. The maximum absolute atomic E-state index is 12.4. The van der Waals surface area contributed by atoms with Crippen molar-refractivity contribution in [3.05, 3.63) is 29.3 Å². The molecule has 0 heterocycles. The zero-order valence-corrected chi connectivity index (χ0v) is 7.59. The van der Waals surface area contributed by atoms with Crippen molar-refractivity contribution in [2.24, 2.45) is 0 Å². The number of alkyl halides is 3. The van der Waals surface area contributed by atoms with Crippen LogP contribution in [-0.4, -0.2) is 13.1 Å². The molecule has 82 valence electrons. The maximum atomic E-state index is 12.4. The number of rotatable bonds is 2. The van der Waals surface area contributed by atoms with Gasteiger partial charge in [0.05, 0.1) is 18.6 Å². The quantitative estimate of drug-likeness (QED) is 0.747. The highest BCUT2D eigenvalue weighted by Crippen LogP contribution is 2.36. The Morgan fingerprint density at radius 2 is 2.00 bits per heavy atom. The molecule has 0 aromatic heterocycles. The van der Waals surface area contributed by atoms with Crippen LogP contribution in [0.3, 0.4) is 0 Å². The second-order valence-corrected chi connectivity index (χ2v) is 2.70. The Hall–Kier alpha value is -1.72. The lowest BCUT2D eigenvalue weighted by atomic mass is 10.1. The summed E-state index contributed by atoms with van der Waals surface area (Å²) in [6, 6.07) is 2.41. The fourth-order valence-corrected chi connectivity index (χ4v) is 1.06. The summed E-state index contributed by atoms with van der Waals surface area (Å²) in [5, 5.41) is 10.4. The molecule has 0 spiro atoms. The molecule has 1 aromatic carbocycles. The van der Waals surface area contributed by atoms with Crippen LogP contribution in [0.15, 0.2) is 18.2 Å². The number of methoxy groups -OCH3 is 1. The Morgan fingerprint density at radius 1 is 1.40 bits per heavy atom. The number of halogens is 3. The first-order chi connectivity index (χ1) is 6.86. The summed E-state index contributed by atoms with van der Waals surface area (Å²) in [6.45, 7) is 0. The largest absolute Gasteiger partial charge is 0.545 e. The van der Waals surface area contributed by atoms with Crippen LogP contribution in [0.1, 0.15) is 15.9 Å². The van der Waals surface area contributed by atoms with Crippen LogP contribution >= 0.6 is 0 Å². The van der Waals surface area contributed by atoms with Crippen LogP contribution in [-0.2, 0) is 6.18 Å². The van der Waals surface area contributed by atoms with E-state index in [1.54, 1.807) is 0 Å². The van der Waals surface area contributed by atoms with Crippen molar-refractivity contribution in [3.63, 3.8) is 0 Å². The van der Waals surface area contributed by atoms with Crippen LogP contribution in [0.25, 0.3) is 0 Å². The maximum Gasteiger partial charge on any atom is 0.419 e. The number of hydrogen-bond donors (Lipinski definition) is 0. The number of carbonyl (C=O) groups excluding carboxylic acids is 1. The third kappa shape index (κ3) is 2.39. The van der Waals surface area contributed by atoms with Gasteiger partial charge >= 0.3 is 6.18 Å². The van der Waals surface area contributed by atoms with Gasteiger partial charge in [-0.2, -0.15) is 13.2 Å². The molecule has 0 aliphatic heterocycles. The highest BCUT2D eigenvalue weighted by atomic mass is 19.4. The molecule has 1 aromatic rings. The molecule has 15 heavy (non-hydrogen) atoms. The Morgan fingerprint density at radius 3 is 2.40 bits per heavy atom. The first-order valence-electron chi connectivity index (χ1n) is 3.83. The highest BCUT2D eigenvalue weighted by Gasteiger charge is 2.34. The van der Waals surface area contributed by atoms with E-state index in [-0.39, 0.29) is 0 Å². The van der Waals surface area contributed by atoms with E-state index in [1.165, 1.54) is 0 Å². The molecule has 0 fully saturated rings. The molecule has 0 bridgehead atoms. The van der Waals surface area contributed by atoms with Crippen LogP contribution in [0, 0.1) is 0 Å². The fraction of sp³-hybridized carbons (Fsp3) is 0.222. The number of carbonyl (C=O) groups is 1. The number of aromatic carboxylic acids is 1. The van der Waals surface area contributed by atoms with E-state index in [9.17, 15) is 23.1 Å². The zero-order valence-electron chi connectivity index (χ0n) is 7.59. The minimum Gasteiger partial charge on any atom is -0.545 e. The molecule has 0 saturated carbocycles. The monoisotopic (exact) mass is 219 g/mol. The summed E-state index contributed by atoms with van der Waals surface area (Å²) in [5.41, 5.74) is -1.67. The molecule has 0 aliphatic carbocycles. The Kier molecular flexibility index (Phi) is 2.88. The lowest BCUT2D eigenvalue weighted by Gasteiger charge is -2.13. The lowest BCUT2D eigenvalue weighted by Crippen LogP contribution is -2.23. The van der Waals surface area contributed by atoms with Crippen molar-refractivity contribution in [1.29, 1.82) is 0 Å². The van der Waals surface area contributed by atoms with Gasteiger partial charge in [0, 0.05) is 0 Å². The molecular formula is C9H6F3O3-. The standard InChI is InChI=1S/C9H7F3O3/c1-15-7-3-2-5(8(13)14)4-6(7)9(10,11)12/h2-4H,1H3,(H,13,14)/p-1. The third-order valence-corrected chi connectivity index (χ3v) is 1.74. The minimum atomic E-state index is -4.66. The molecule has 0 radical (unpaired) electrons. The lowest BCUT2D eigenvalue weighted by molar-refractivity contribution is -0.255. The van der Waals surface area contributed by atoms with Gasteiger partial charge in [0.25, 0.3) is 0 Å². The molecule has 0 amide bonds. The van der Waals surface area contributed by atoms with E-state index in [0.717, 1.165) is 19.2 Å². The van der Waals surface area contributed by atoms with Gasteiger partial charge < -0.3 is 14.6 Å². The van der Waals surface area contributed by atoms with Crippen LogP contribution in [0.2, 0.25) is 0 Å². The smallest absolute Gasteiger partial charge is 0.419 e. The SMILES string of the molecule is COc1ccc(C(=O)[O-])cc1C(F)(F)F. The second-order valence-electron chi connectivity index (χ2n) is 2.70. The number of benzene rings is 1. The van der Waals surface area contributed by atoms with Crippen LogP contribution in [0.4, 0.5) is 13.2 Å². The van der Waals surface area contributed by atoms with Gasteiger partial charge in [-0.1, -0.05) is 0 Å². The second kappa shape index (κ2) is 3.80. The summed E-state index contributed by atoms with van der Waals surface area (Å²) >= 11 is 0. The van der Waals surface area contributed by atoms with E-state index in [0.29, 0.717) is 6.07 Å². The summed E-state index contributed by atoms with van der Waals surface area (Å²) in [7, 11) is 1.07. The molecule has 0 aliphatic rings. The van der Waals surface area contributed by atoms with Crippen molar-refractivity contribution in [2.75, 3.05) is 7.11 Å². The molecule has 6 heteroatoms. The topological polar surface area (TPSA) is 49.4 Å². The normalized spacial score (nSPS) is 11.2. The first kappa shape index (κ1) is 11.4. The predicted octanol–water partition coefficient (Wildman–Crippen LogP) is 1.08. The van der Waals surface area contributed by atoms with E-state index in [1.807, 2.05) is 0 Å². The Bertz CT molecular complexity index is 385. The van der Waals surface area contributed by atoms with Gasteiger partial charge in [0.1, 0.15) is 5.75 Å². The van der Waals surface area contributed by atoms with Crippen LogP contribution in [0.5, 0.6) is 5.75 Å². The van der Waals surface area contributed by atoms with Crippen molar-refractivity contribution >= 4 is 5.97 Å². The van der Waals surface area contributed by atoms with Gasteiger partial charge in [0.2, 0.25) is 0 Å². The van der Waals surface area contributed by atoms with E-state index in [4.69, 9.17) is 0 Å². The average Bonchev–Trinajstić information content (AvgIpc) is 2.15. The average molecular weight is 219 g/mol. The van der Waals surface area contributed by atoms with E-state index >= 15 is 0 Å². The molecule has 1 rings (SSSR count). The third-order valence-electron chi connectivity index (χ3n) is 1.74. The van der Waals surface area contributed by atoms with E-state index in [2.05, 4.69) is 4.74 Å². The van der Waals surface area contributed by atoms with Gasteiger partial charge in [-0.05, 0) is 23.8 Å². The van der Waals surface area contributed by atoms with Crippen molar-refractivity contribution in [2.45, 2.75) is 6.18 Å². The van der Waals surface area contributed by atoms with Gasteiger partial charge in [-0.25, -0.2) is 0 Å². The summed E-state index contributed by atoms with van der Waals surface area (Å²) in [6.07, 6.45) is -4.66. The fourth-order valence-electron chi connectivity index (χ4n) is 1.06. The minimum absolute atomic E-state index is 0.424. The molecular weight excluding hydrogens is 213 g/mol. The van der Waals surface area contributed by atoms with Crippen LogP contribution < -0.4 is 9.84 Å². The Labute approximate surface area is 83.1 Å². The molecule has 0 saturated heterocycles. The summed E-state index contributed by atoms with van der Waals surface area (Å²) in [5.74, 6) is -2.09. The summed E-state index contributed by atoms with van der Waals surface area (Å²) < 4.78 is 41.6. The van der Waals surface area contributed by atoms with Gasteiger partial charge in [-0.15, -0.1) is 0 Å². The number of hydrogen-bond acceptors (Lipinski definition) is 3. The first-order valence-corrected chi connectivity index (χ1v) is 3.83. The number of ether oxygens (including phenoxy) is 1. The molecule has 0 unspecified atom stereocenters.